The van der Waals surface area contributed by atoms with E-state index in [1.165, 1.54) is 64.0 Å². The van der Waals surface area contributed by atoms with Gasteiger partial charge in [0.1, 0.15) is 34.5 Å². The highest BCUT2D eigenvalue weighted by molar-refractivity contribution is 8.01. The van der Waals surface area contributed by atoms with Crippen LogP contribution in [0.2, 0.25) is 0 Å². The van der Waals surface area contributed by atoms with Crippen LogP contribution in [0.4, 0.5) is 0 Å². The molecule has 2 aromatic carbocycles. The molecule has 2 amide bonds. The van der Waals surface area contributed by atoms with Gasteiger partial charge in [0.25, 0.3) is 11.8 Å². The van der Waals surface area contributed by atoms with Crippen molar-refractivity contribution in [3.8, 4) is 5.75 Å². The molecule has 3 aromatic rings. The summed E-state index contributed by atoms with van der Waals surface area (Å²) in [4.78, 5) is 51.5. The van der Waals surface area contributed by atoms with Crippen LogP contribution >= 0.6 is 34.9 Å². The first-order chi connectivity index (χ1) is 20.7. The number of aliphatic carboxylic acids is 1. The third-order valence-corrected chi connectivity index (χ3v) is 10.1. The van der Waals surface area contributed by atoms with Crippen LogP contribution in [0.3, 0.4) is 0 Å². The van der Waals surface area contributed by atoms with Gasteiger partial charge in [0.2, 0.25) is 0 Å². The number of fused-ring (bicyclic) bond motifs is 1. The predicted molar refractivity (Wildman–Crippen MR) is 159 cm³/mol. The molecule has 15 heteroatoms. The zero-order chi connectivity index (χ0) is 30.7. The number of aliphatic hydroxyl groups is 1. The minimum Gasteiger partial charge on any atom is -0.497 e. The highest BCUT2D eigenvalue weighted by Gasteiger charge is 2.54. The molecule has 1 saturated heterocycles. The van der Waals surface area contributed by atoms with Crippen molar-refractivity contribution in [1.29, 1.82) is 0 Å². The molecule has 0 radical (unpaired) electrons. The average molecular weight is 643 g/mol. The fraction of sp³-hybridized carbons (Fsp3) is 0.286. The van der Waals surface area contributed by atoms with Crippen LogP contribution in [-0.4, -0.2) is 79.1 Å². The minimum atomic E-state index is -1.61. The molecule has 2 aliphatic rings. The standard InChI is InChI=1S/C28H26N4O8S3/c1-14-30-31-28(43-14)42-13-18-12-41-25-20(24(35)32(25)21(18)26(36)37)29-23(34)22(33)16-5-7-17(8-6-16)27(38)40-11-15-3-9-19(39-2)10-4-15/h3-10,20,22,25,33H,11-13H2,1-2H3,(H,29,34)(H,36,37)/t20?,22?,25-/m1/s1. The van der Waals surface area contributed by atoms with Crippen molar-refractivity contribution in [3.05, 3.63) is 81.5 Å². The Balaban J connectivity index is 1.16. The van der Waals surface area contributed by atoms with Crippen molar-refractivity contribution in [3.63, 3.8) is 0 Å². The number of carbonyl (C=O) groups excluding carboxylic acids is 3. The number of ether oxygens (including phenoxy) is 2. The van der Waals surface area contributed by atoms with E-state index in [4.69, 9.17) is 9.47 Å². The van der Waals surface area contributed by atoms with Crippen LogP contribution < -0.4 is 10.1 Å². The summed E-state index contributed by atoms with van der Waals surface area (Å²) >= 11 is 4.09. The van der Waals surface area contributed by atoms with E-state index in [0.717, 1.165) is 10.6 Å². The summed E-state index contributed by atoms with van der Waals surface area (Å²) in [6.07, 6.45) is -1.61. The Morgan fingerprint density at radius 3 is 2.49 bits per heavy atom. The SMILES string of the molecule is COc1ccc(COC(=O)c2ccc(C(O)C(=O)NC3C(=O)N4C(C(=O)O)=C(CSc5nnc(C)s5)CS[C@H]34)cc2)cc1. The summed E-state index contributed by atoms with van der Waals surface area (Å²) in [7, 11) is 1.56. The number of hydrogen-bond acceptors (Lipinski definition) is 12. The zero-order valence-electron chi connectivity index (χ0n) is 22.9. The van der Waals surface area contributed by atoms with Crippen molar-refractivity contribution < 1.29 is 38.9 Å². The minimum absolute atomic E-state index is 0.0589. The number of rotatable bonds is 11. The Labute approximate surface area is 258 Å². The number of aryl methyl sites for hydroxylation is 1. The van der Waals surface area contributed by atoms with Gasteiger partial charge in [-0.15, -0.1) is 22.0 Å². The number of hydrogen-bond donors (Lipinski definition) is 3. The number of methoxy groups -OCH3 is 1. The molecule has 5 rings (SSSR count). The lowest BCUT2D eigenvalue weighted by atomic mass is 10.0. The van der Waals surface area contributed by atoms with Crippen LogP contribution in [0.15, 0.2) is 64.1 Å². The molecule has 1 fully saturated rings. The van der Waals surface area contributed by atoms with Gasteiger partial charge in [0, 0.05) is 11.5 Å². The number of aliphatic hydroxyl groups excluding tert-OH is 1. The van der Waals surface area contributed by atoms with Gasteiger partial charge in [-0.2, -0.15) is 0 Å². The number of amides is 2. The Kier molecular flexibility index (Phi) is 9.34. The number of carbonyl (C=O) groups is 4. The van der Waals surface area contributed by atoms with Gasteiger partial charge < -0.3 is 25.0 Å². The quantitative estimate of drug-likeness (QED) is 0.159. The maximum absolute atomic E-state index is 13.0. The van der Waals surface area contributed by atoms with Gasteiger partial charge in [-0.3, -0.25) is 14.5 Å². The predicted octanol–water partition coefficient (Wildman–Crippen LogP) is 2.78. The molecule has 0 saturated carbocycles. The topological polar surface area (TPSA) is 168 Å². The van der Waals surface area contributed by atoms with Gasteiger partial charge >= 0.3 is 11.9 Å². The van der Waals surface area contributed by atoms with Crippen molar-refractivity contribution in [1.82, 2.24) is 20.4 Å². The lowest BCUT2D eigenvalue weighted by Crippen LogP contribution is -2.70. The Morgan fingerprint density at radius 1 is 1.14 bits per heavy atom. The Hall–Kier alpha value is -3.92. The first-order valence-corrected chi connectivity index (χ1v) is 15.7. The maximum Gasteiger partial charge on any atom is 0.352 e. The van der Waals surface area contributed by atoms with E-state index < -0.39 is 41.3 Å². The second kappa shape index (κ2) is 13.2. The van der Waals surface area contributed by atoms with Gasteiger partial charge in [-0.25, -0.2) is 9.59 Å². The normalized spacial score (nSPS) is 18.4. The maximum atomic E-state index is 13.0. The van der Waals surface area contributed by atoms with Gasteiger partial charge in [-0.05, 0) is 47.9 Å². The smallest absolute Gasteiger partial charge is 0.352 e. The fourth-order valence-electron chi connectivity index (χ4n) is 4.42. The van der Waals surface area contributed by atoms with Gasteiger partial charge in [-0.1, -0.05) is 47.4 Å². The number of β-lactam (4-membered cyclic amide) rings is 1. The second-order valence-corrected chi connectivity index (χ2v) is 13.0. The molecule has 3 atom stereocenters. The zero-order valence-corrected chi connectivity index (χ0v) is 25.3. The third kappa shape index (κ3) is 6.69. The van der Waals surface area contributed by atoms with E-state index in [1.807, 2.05) is 6.92 Å². The number of benzene rings is 2. The number of carboxylic acid groups (broad SMARTS) is 1. The van der Waals surface area contributed by atoms with Crippen LogP contribution in [0.25, 0.3) is 0 Å². The van der Waals surface area contributed by atoms with E-state index in [-0.39, 0.29) is 23.4 Å². The summed E-state index contributed by atoms with van der Waals surface area (Å²) in [5.74, 6) is -1.82. The average Bonchev–Trinajstić information content (AvgIpc) is 3.45. The number of esters is 1. The molecule has 224 valence electrons. The van der Waals surface area contributed by atoms with Gasteiger partial charge in [0.05, 0.1) is 12.7 Å². The lowest BCUT2D eigenvalue weighted by molar-refractivity contribution is -0.151. The number of nitrogens with zero attached hydrogens (tertiary/aromatic N) is 3. The molecule has 3 heterocycles. The molecule has 0 spiro atoms. The molecule has 0 bridgehead atoms. The summed E-state index contributed by atoms with van der Waals surface area (Å²) in [5, 5.41) is 31.2. The van der Waals surface area contributed by atoms with Crippen LogP contribution in [0, 0.1) is 6.92 Å². The van der Waals surface area contributed by atoms with E-state index in [1.54, 1.807) is 31.4 Å². The number of thioether (sulfide) groups is 2. The first kappa shape index (κ1) is 30.5. The highest BCUT2D eigenvalue weighted by atomic mass is 32.2. The summed E-state index contributed by atoms with van der Waals surface area (Å²) in [6, 6.07) is 11.8. The number of nitrogens with one attached hydrogen (secondary N) is 1. The number of aromatic nitrogens is 2. The van der Waals surface area contributed by atoms with Crippen molar-refractivity contribution in [2.75, 3.05) is 18.6 Å². The monoisotopic (exact) mass is 642 g/mol. The molecule has 3 N–H and O–H groups in total. The second-order valence-electron chi connectivity index (χ2n) is 9.48. The number of carboxylic acids is 1. The lowest BCUT2D eigenvalue weighted by Gasteiger charge is -2.49. The largest absolute Gasteiger partial charge is 0.497 e. The first-order valence-electron chi connectivity index (χ1n) is 12.9. The molecular weight excluding hydrogens is 617 g/mol. The molecule has 2 aliphatic heterocycles. The molecule has 1 aromatic heterocycles. The summed E-state index contributed by atoms with van der Waals surface area (Å²) in [6.45, 7) is 1.88. The van der Waals surface area contributed by atoms with Crippen LogP contribution in [-0.2, 0) is 25.7 Å². The van der Waals surface area contributed by atoms with Crippen LogP contribution in [0.1, 0.15) is 32.6 Å². The highest BCUT2D eigenvalue weighted by Crippen LogP contribution is 2.42. The molecule has 0 aliphatic carbocycles. The Morgan fingerprint density at radius 2 is 1.86 bits per heavy atom. The summed E-state index contributed by atoms with van der Waals surface area (Å²) in [5.41, 5.74) is 1.70. The molecule has 2 unspecified atom stereocenters. The van der Waals surface area contributed by atoms with E-state index in [0.29, 0.717) is 27.2 Å². The van der Waals surface area contributed by atoms with Crippen molar-refractivity contribution >= 4 is 58.6 Å². The Bertz CT molecular complexity index is 1580. The summed E-state index contributed by atoms with van der Waals surface area (Å²) < 4.78 is 11.1. The van der Waals surface area contributed by atoms with E-state index >= 15 is 0 Å². The van der Waals surface area contributed by atoms with Crippen molar-refractivity contribution in [2.45, 2.75) is 35.4 Å². The van der Waals surface area contributed by atoms with Crippen molar-refractivity contribution in [2.24, 2.45) is 0 Å². The van der Waals surface area contributed by atoms with E-state index in [2.05, 4.69) is 15.5 Å². The fourth-order valence-corrected chi connectivity index (χ4v) is 7.72. The van der Waals surface area contributed by atoms with Gasteiger partial charge in [0.15, 0.2) is 10.4 Å². The van der Waals surface area contributed by atoms with E-state index in [9.17, 15) is 29.4 Å². The molecule has 12 nitrogen and oxygen atoms in total. The van der Waals surface area contributed by atoms with Crippen LogP contribution in [0.5, 0.6) is 5.75 Å². The molecule has 43 heavy (non-hydrogen) atoms. The third-order valence-electron chi connectivity index (χ3n) is 6.66. The molecular formula is C28H26N4O8S3.